The van der Waals surface area contributed by atoms with E-state index in [0.717, 1.165) is 11.1 Å². The molecule has 0 atom stereocenters. The van der Waals surface area contributed by atoms with E-state index in [1.165, 1.54) is 0 Å². The number of rotatable bonds is 2. The first-order valence-corrected chi connectivity index (χ1v) is 8.34. The van der Waals surface area contributed by atoms with Crippen molar-refractivity contribution in [1.82, 2.24) is 0 Å². The first-order valence-electron chi connectivity index (χ1n) is 6.45. The van der Waals surface area contributed by atoms with Gasteiger partial charge in [-0.05, 0) is 40.4 Å². The molecular weight excluding hydrogens is 300 g/mol. The first-order chi connectivity index (χ1) is 10.3. The predicted octanol–water partition coefficient (Wildman–Crippen LogP) is 5.25. The minimum absolute atomic E-state index is 0.0245. The van der Waals surface area contributed by atoms with E-state index in [2.05, 4.69) is 0 Å². The molecule has 1 aromatic carbocycles. The van der Waals surface area contributed by atoms with Crippen molar-refractivity contribution in [2.45, 2.75) is 0 Å². The zero-order valence-corrected chi connectivity index (χ0v) is 12.5. The highest BCUT2D eigenvalue weighted by molar-refractivity contribution is 7.08. The molecule has 4 aromatic rings. The zero-order valence-electron chi connectivity index (χ0n) is 10.9. The van der Waals surface area contributed by atoms with Gasteiger partial charge in [0.1, 0.15) is 11.3 Å². The van der Waals surface area contributed by atoms with Crippen LogP contribution in [0.2, 0.25) is 0 Å². The number of hydrogen-bond acceptors (Lipinski definition) is 4. The van der Waals surface area contributed by atoms with Crippen molar-refractivity contribution in [1.29, 1.82) is 0 Å². The Balaban J connectivity index is 2.16. The summed E-state index contributed by atoms with van der Waals surface area (Å²) in [4.78, 5) is 12.9. The molecule has 0 unspecified atom stereocenters. The van der Waals surface area contributed by atoms with Crippen LogP contribution in [0.1, 0.15) is 0 Å². The van der Waals surface area contributed by atoms with E-state index in [-0.39, 0.29) is 5.43 Å². The second kappa shape index (κ2) is 4.98. The third-order valence-corrected chi connectivity index (χ3v) is 4.76. The van der Waals surface area contributed by atoms with Crippen molar-refractivity contribution in [3.63, 3.8) is 0 Å². The van der Waals surface area contributed by atoms with Crippen LogP contribution in [0.5, 0.6) is 0 Å². The fourth-order valence-corrected chi connectivity index (χ4v) is 3.69. The summed E-state index contributed by atoms with van der Waals surface area (Å²) in [6, 6.07) is 11.3. The van der Waals surface area contributed by atoms with Crippen molar-refractivity contribution in [3.05, 3.63) is 68.1 Å². The van der Waals surface area contributed by atoms with Crippen LogP contribution in [-0.4, -0.2) is 0 Å². The lowest BCUT2D eigenvalue weighted by atomic mass is 10.0. The van der Waals surface area contributed by atoms with Crippen LogP contribution in [-0.2, 0) is 0 Å². The smallest absolute Gasteiger partial charge is 0.201 e. The molecule has 0 saturated heterocycles. The Morgan fingerprint density at radius 2 is 1.57 bits per heavy atom. The summed E-state index contributed by atoms with van der Waals surface area (Å²) in [5.74, 6) is 0.651. The molecule has 0 amide bonds. The molecule has 4 rings (SSSR count). The van der Waals surface area contributed by atoms with Crippen LogP contribution in [0, 0.1) is 0 Å². The van der Waals surface area contributed by atoms with Crippen LogP contribution < -0.4 is 5.43 Å². The summed E-state index contributed by atoms with van der Waals surface area (Å²) in [5.41, 5.74) is 3.16. The van der Waals surface area contributed by atoms with Gasteiger partial charge in [-0.3, -0.25) is 4.79 Å². The first kappa shape index (κ1) is 12.6. The molecule has 4 heteroatoms. The Kier molecular flexibility index (Phi) is 2.98. The number of thiophene rings is 2. The summed E-state index contributed by atoms with van der Waals surface area (Å²) >= 11 is 3.17. The largest absolute Gasteiger partial charge is 0.455 e. The van der Waals surface area contributed by atoms with E-state index in [4.69, 9.17) is 4.42 Å². The third-order valence-electron chi connectivity index (χ3n) is 3.39. The molecule has 0 fully saturated rings. The maximum atomic E-state index is 12.9. The van der Waals surface area contributed by atoms with E-state index in [9.17, 15) is 4.79 Å². The Morgan fingerprint density at radius 3 is 2.29 bits per heavy atom. The van der Waals surface area contributed by atoms with Crippen molar-refractivity contribution in [2.24, 2.45) is 0 Å². The molecular formula is C17H10O2S2. The minimum atomic E-state index is 0.0245. The summed E-state index contributed by atoms with van der Waals surface area (Å²) in [6.45, 7) is 0. The van der Waals surface area contributed by atoms with Crippen LogP contribution >= 0.6 is 22.7 Å². The summed E-state index contributed by atoms with van der Waals surface area (Å²) in [6.07, 6.45) is 0. The lowest BCUT2D eigenvalue weighted by Gasteiger charge is -2.07. The quantitative estimate of drug-likeness (QED) is 0.506. The lowest BCUT2D eigenvalue weighted by molar-refractivity contribution is 0.621. The van der Waals surface area contributed by atoms with Gasteiger partial charge in [0, 0.05) is 16.5 Å². The van der Waals surface area contributed by atoms with Gasteiger partial charge in [-0.25, -0.2) is 0 Å². The van der Waals surface area contributed by atoms with Gasteiger partial charge in [0.2, 0.25) is 5.43 Å². The SMILES string of the molecule is O=c1c(-c2ccsc2)c(-c2ccsc2)oc2ccccc12. The summed E-state index contributed by atoms with van der Waals surface area (Å²) < 4.78 is 6.05. The van der Waals surface area contributed by atoms with Gasteiger partial charge in [-0.1, -0.05) is 12.1 Å². The Hall–Kier alpha value is -2.17. The molecule has 0 saturated carbocycles. The monoisotopic (exact) mass is 310 g/mol. The molecule has 102 valence electrons. The van der Waals surface area contributed by atoms with Crippen LogP contribution in [0.25, 0.3) is 33.4 Å². The Morgan fingerprint density at radius 1 is 0.857 bits per heavy atom. The van der Waals surface area contributed by atoms with Gasteiger partial charge in [-0.15, -0.1) is 0 Å². The molecule has 0 aliphatic carbocycles. The molecule has 0 radical (unpaired) electrons. The van der Waals surface area contributed by atoms with Gasteiger partial charge in [-0.2, -0.15) is 22.7 Å². The van der Waals surface area contributed by atoms with Gasteiger partial charge >= 0.3 is 0 Å². The van der Waals surface area contributed by atoms with Gasteiger partial charge in [0.15, 0.2) is 0 Å². The number of fused-ring (bicyclic) bond motifs is 1. The molecule has 0 bridgehead atoms. The highest BCUT2D eigenvalue weighted by Crippen LogP contribution is 2.34. The topological polar surface area (TPSA) is 30.2 Å². The fraction of sp³-hybridized carbons (Fsp3) is 0. The second-order valence-corrected chi connectivity index (χ2v) is 6.22. The fourth-order valence-electron chi connectivity index (χ4n) is 2.41. The van der Waals surface area contributed by atoms with E-state index >= 15 is 0 Å². The molecule has 3 heterocycles. The predicted molar refractivity (Wildman–Crippen MR) is 89.1 cm³/mol. The van der Waals surface area contributed by atoms with Crippen LogP contribution in [0.4, 0.5) is 0 Å². The Labute approximate surface area is 128 Å². The normalized spacial score (nSPS) is 11.0. The molecule has 0 aliphatic rings. The molecule has 0 N–H and O–H groups in total. The highest BCUT2D eigenvalue weighted by Gasteiger charge is 2.18. The van der Waals surface area contributed by atoms with Gasteiger partial charge < -0.3 is 4.42 Å². The molecule has 0 aliphatic heterocycles. The van der Waals surface area contributed by atoms with Gasteiger partial charge in [0.05, 0.1) is 10.9 Å². The summed E-state index contributed by atoms with van der Waals surface area (Å²) in [5, 5.41) is 8.57. The number of hydrogen-bond donors (Lipinski definition) is 0. The third kappa shape index (κ3) is 2.04. The lowest BCUT2D eigenvalue weighted by Crippen LogP contribution is -2.06. The summed E-state index contributed by atoms with van der Waals surface area (Å²) in [7, 11) is 0. The van der Waals surface area contributed by atoms with Gasteiger partial charge in [0.25, 0.3) is 0 Å². The molecule has 3 aromatic heterocycles. The van der Waals surface area contributed by atoms with E-state index in [0.29, 0.717) is 22.3 Å². The number of para-hydroxylation sites is 1. The average Bonchev–Trinajstić information content (AvgIpc) is 3.20. The highest BCUT2D eigenvalue weighted by atomic mass is 32.1. The standard InChI is InChI=1S/C17H10O2S2/c18-16-13-3-1-2-4-14(13)19-17(12-6-8-21-10-12)15(16)11-5-7-20-9-11/h1-10H. The van der Waals surface area contributed by atoms with E-state index < -0.39 is 0 Å². The van der Waals surface area contributed by atoms with E-state index in [1.54, 1.807) is 22.7 Å². The molecule has 0 spiro atoms. The minimum Gasteiger partial charge on any atom is -0.455 e. The number of benzene rings is 1. The van der Waals surface area contributed by atoms with Crippen molar-refractivity contribution in [2.75, 3.05) is 0 Å². The van der Waals surface area contributed by atoms with Crippen molar-refractivity contribution in [3.8, 4) is 22.5 Å². The van der Waals surface area contributed by atoms with Crippen LogP contribution in [0.15, 0.2) is 67.1 Å². The molecule has 21 heavy (non-hydrogen) atoms. The average molecular weight is 310 g/mol. The van der Waals surface area contributed by atoms with Crippen molar-refractivity contribution >= 4 is 33.6 Å². The van der Waals surface area contributed by atoms with Crippen LogP contribution in [0.3, 0.4) is 0 Å². The zero-order chi connectivity index (χ0) is 14.2. The molecule has 2 nitrogen and oxygen atoms in total. The maximum Gasteiger partial charge on any atom is 0.201 e. The van der Waals surface area contributed by atoms with E-state index in [1.807, 2.05) is 57.9 Å². The Bertz CT molecular complexity index is 948. The maximum absolute atomic E-state index is 12.9. The van der Waals surface area contributed by atoms with Crippen molar-refractivity contribution < 1.29 is 4.42 Å². The second-order valence-electron chi connectivity index (χ2n) is 4.66.